The number of phenols is 1. The first-order chi connectivity index (χ1) is 10.3. The highest BCUT2D eigenvalue weighted by Gasteiger charge is 2.11. The second kappa shape index (κ2) is 10.5. The van der Waals surface area contributed by atoms with E-state index in [0.29, 0.717) is 5.69 Å². The first-order valence-corrected chi connectivity index (χ1v) is 7.35. The molecule has 124 valence electrons. The highest BCUT2D eigenvalue weighted by atomic mass is 16.4. The number of amides is 2. The van der Waals surface area contributed by atoms with Gasteiger partial charge in [-0.25, -0.2) is 4.79 Å². The lowest BCUT2D eigenvalue weighted by molar-refractivity contribution is -0.119. The normalized spacial score (nSPS) is 11.1. The number of carbonyl (C=O) groups excluding carboxylic acids is 1. The van der Waals surface area contributed by atoms with Crippen molar-refractivity contribution in [1.29, 1.82) is 0 Å². The van der Waals surface area contributed by atoms with Crippen LogP contribution in [0, 0.1) is 5.92 Å². The van der Waals surface area contributed by atoms with Crippen LogP contribution in [0.4, 0.5) is 10.5 Å². The first-order valence-electron chi connectivity index (χ1n) is 7.35. The molecule has 0 aromatic heterocycles. The lowest BCUT2D eigenvalue weighted by Gasteiger charge is -2.10. The van der Waals surface area contributed by atoms with E-state index in [1.165, 1.54) is 6.07 Å². The number of carbonyl (C=O) groups is 2. The molecule has 6 heteroatoms. The molecule has 0 aliphatic heterocycles. The number of nitrogens with one attached hydrogen (secondary N) is 2. The fourth-order valence-electron chi connectivity index (χ4n) is 1.66. The smallest absolute Gasteiger partial charge is 0.404 e. The quantitative estimate of drug-likeness (QED) is 0.669. The molecule has 0 saturated carbocycles. The number of anilines is 1. The molecule has 0 heterocycles. The molecule has 1 rings (SSSR count). The standard InChI is InChI=1S/C12H17NO2.C4H9NO2/c1-3-5-9(2)12(15)13-10-6-4-7-11(14)8-10;1-3(2)5-4(6)7/h4,6-9,14H,3,5H2,1-2H3,(H,13,15);3,5H,1-2H3,(H,6,7). The number of aromatic hydroxyl groups is 1. The maximum atomic E-state index is 11.6. The van der Waals surface area contributed by atoms with Crippen molar-refractivity contribution in [3.8, 4) is 5.75 Å². The number of carboxylic acid groups (broad SMARTS) is 1. The van der Waals surface area contributed by atoms with E-state index in [1.54, 1.807) is 32.0 Å². The fourth-order valence-corrected chi connectivity index (χ4v) is 1.66. The zero-order valence-corrected chi connectivity index (χ0v) is 13.6. The Labute approximate surface area is 131 Å². The summed E-state index contributed by atoms with van der Waals surface area (Å²) in [5, 5.41) is 22.2. The van der Waals surface area contributed by atoms with Crippen molar-refractivity contribution < 1.29 is 19.8 Å². The van der Waals surface area contributed by atoms with Crippen LogP contribution in [0.25, 0.3) is 0 Å². The summed E-state index contributed by atoms with van der Waals surface area (Å²) in [6, 6.07) is 6.60. The van der Waals surface area contributed by atoms with Crippen LogP contribution in [0.5, 0.6) is 5.75 Å². The molecular weight excluding hydrogens is 284 g/mol. The van der Waals surface area contributed by atoms with E-state index in [0.717, 1.165) is 12.8 Å². The molecule has 1 aromatic rings. The average molecular weight is 310 g/mol. The molecule has 0 radical (unpaired) electrons. The number of hydrogen-bond donors (Lipinski definition) is 4. The van der Waals surface area contributed by atoms with Gasteiger partial charge in [0.15, 0.2) is 0 Å². The van der Waals surface area contributed by atoms with E-state index >= 15 is 0 Å². The van der Waals surface area contributed by atoms with Gasteiger partial charge in [-0.3, -0.25) is 4.79 Å². The van der Waals surface area contributed by atoms with Gasteiger partial charge in [0.2, 0.25) is 5.91 Å². The van der Waals surface area contributed by atoms with Crippen molar-refractivity contribution in [2.45, 2.75) is 46.6 Å². The maximum Gasteiger partial charge on any atom is 0.404 e. The molecule has 1 atom stereocenters. The maximum absolute atomic E-state index is 11.6. The molecule has 0 spiro atoms. The van der Waals surface area contributed by atoms with Gasteiger partial charge in [-0.1, -0.05) is 26.3 Å². The molecule has 2 amide bonds. The summed E-state index contributed by atoms with van der Waals surface area (Å²) < 4.78 is 0. The molecule has 22 heavy (non-hydrogen) atoms. The summed E-state index contributed by atoms with van der Waals surface area (Å²) in [6.45, 7) is 7.50. The SMILES string of the molecule is CC(C)NC(=O)O.CCCC(C)C(=O)Nc1cccc(O)c1. The van der Waals surface area contributed by atoms with E-state index in [-0.39, 0.29) is 23.6 Å². The van der Waals surface area contributed by atoms with Crippen molar-refractivity contribution in [2.24, 2.45) is 5.92 Å². The predicted octanol–water partition coefficient (Wildman–Crippen LogP) is 3.43. The van der Waals surface area contributed by atoms with Gasteiger partial charge in [0, 0.05) is 23.7 Å². The second-order valence-electron chi connectivity index (χ2n) is 5.33. The number of benzene rings is 1. The van der Waals surface area contributed by atoms with E-state index in [1.807, 2.05) is 6.92 Å². The van der Waals surface area contributed by atoms with Crippen molar-refractivity contribution in [2.75, 3.05) is 5.32 Å². The van der Waals surface area contributed by atoms with Crippen LogP contribution < -0.4 is 10.6 Å². The zero-order valence-electron chi connectivity index (χ0n) is 13.6. The molecular formula is C16H26N2O4. The van der Waals surface area contributed by atoms with Gasteiger partial charge in [-0.15, -0.1) is 0 Å². The third-order valence-electron chi connectivity index (χ3n) is 2.70. The van der Waals surface area contributed by atoms with Crippen LogP contribution in [0.2, 0.25) is 0 Å². The third kappa shape index (κ3) is 9.63. The van der Waals surface area contributed by atoms with Gasteiger partial charge in [-0.05, 0) is 32.4 Å². The Bertz CT molecular complexity index is 475. The summed E-state index contributed by atoms with van der Waals surface area (Å²) in [6.07, 6.45) is 0.911. The largest absolute Gasteiger partial charge is 0.508 e. The topological polar surface area (TPSA) is 98.7 Å². The zero-order chi connectivity index (χ0) is 17.1. The molecule has 1 unspecified atom stereocenters. The lowest BCUT2D eigenvalue weighted by atomic mass is 10.1. The van der Waals surface area contributed by atoms with Gasteiger partial charge < -0.3 is 20.8 Å². The Morgan fingerprint density at radius 2 is 1.86 bits per heavy atom. The van der Waals surface area contributed by atoms with Gasteiger partial charge in [-0.2, -0.15) is 0 Å². The second-order valence-corrected chi connectivity index (χ2v) is 5.33. The lowest BCUT2D eigenvalue weighted by Crippen LogP contribution is -2.27. The van der Waals surface area contributed by atoms with E-state index in [9.17, 15) is 14.7 Å². The highest BCUT2D eigenvalue weighted by Crippen LogP contribution is 2.17. The first kappa shape index (κ1) is 19.8. The van der Waals surface area contributed by atoms with E-state index in [2.05, 4.69) is 17.6 Å². The molecule has 0 aliphatic carbocycles. The Morgan fingerprint density at radius 3 is 2.27 bits per heavy atom. The van der Waals surface area contributed by atoms with Crippen LogP contribution in [-0.4, -0.2) is 28.3 Å². The Balaban J connectivity index is 0.000000534. The van der Waals surface area contributed by atoms with Crippen molar-refractivity contribution >= 4 is 17.7 Å². The molecule has 0 bridgehead atoms. The van der Waals surface area contributed by atoms with Gasteiger partial charge in [0.25, 0.3) is 0 Å². The van der Waals surface area contributed by atoms with E-state index in [4.69, 9.17) is 5.11 Å². The minimum atomic E-state index is -0.963. The average Bonchev–Trinajstić information content (AvgIpc) is 2.38. The van der Waals surface area contributed by atoms with Crippen LogP contribution in [0.1, 0.15) is 40.5 Å². The van der Waals surface area contributed by atoms with Crippen molar-refractivity contribution in [1.82, 2.24) is 5.32 Å². The van der Waals surface area contributed by atoms with E-state index < -0.39 is 6.09 Å². The monoisotopic (exact) mass is 310 g/mol. The van der Waals surface area contributed by atoms with Crippen LogP contribution in [0.3, 0.4) is 0 Å². The molecule has 4 N–H and O–H groups in total. The van der Waals surface area contributed by atoms with Crippen LogP contribution in [-0.2, 0) is 4.79 Å². The molecule has 0 fully saturated rings. The highest BCUT2D eigenvalue weighted by molar-refractivity contribution is 5.92. The van der Waals surface area contributed by atoms with Gasteiger partial charge in [0.1, 0.15) is 5.75 Å². The number of phenolic OH excluding ortho intramolecular Hbond substituents is 1. The Morgan fingerprint density at radius 1 is 1.23 bits per heavy atom. The van der Waals surface area contributed by atoms with Gasteiger partial charge >= 0.3 is 6.09 Å². The fraction of sp³-hybridized carbons (Fsp3) is 0.500. The summed E-state index contributed by atoms with van der Waals surface area (Å²) in [5.74, 6) is 0.177. The number of hydrogen-bond acceptors (Lipinski definition) is 3. The third-order valence-corrected chi connectivity index (χ3v) is 2.70. The summed E-state index contributed by atoms with van der Waals surface area (Å²) >= 11 is 0. The minimum absolute atomic E-state index is 0.00227. The minimum Gasteiger partial charge on any atom is -0.508 e. The predicted molar refractivity (Wildman–Crippen MR) is 87.1 cm³/mol. The van der Waals surface area contributed by atoms with Crippen LogP contribution in [0.15, 0.2) is 24.3 Å². The molecule has 0 saturated heterocycles. The van der Waals surface area contributed by atoms with Crippen molar-refractivity contribution in [3.05, 3.63) is 24.3 Å². The molecule has 0 aliphatic rings. The summed E-state index contributed by atoms with van der Waals surface area (Å²) in [4.78, 5) is 21.3. The summed E-state index contributed by atoms with van der Waals surface area (Å²) in [7, 11) is 0. The number of rotatable bonds is 5. The van der Waals surface area contributed by atoms with Crippen molar-refractivity contribution in [3.63, 3.8) is 0 Å². The Kier molecular flexibility index (Phi) is 9.41. The summed E-state index contributed by atoms with van der Waals surface area (Å²) in [5.41, 5.74) is 0.642. The Hall–Kier alpha value is -2.24. The molecule has 1 aromatic carbocycles. The van der Waals surface area contributed by atoms with Crippen LogP contribution >= 0.6 is 0 Å². The van der Waals surface area contributed by atoms with Gasteiger partial charge in [0.05, 0.1) is 0 Å². The molecule has 6 nitrogen and oxygen atoms in total.